The smallest absolute Gasteiger partial charge is 0.257 e. The average Bonchev–Trinajstić information content (AvgIpc) is 2.64. The van der Waals surface area contributed by atoms with Gasteiger partial charge in [-0.3, -0.25) is 9.78 Å². The second-order valence-corrected chi connectivity index (χ2v) is 6.33. The van der Waals surface area contributed by atoms with E-state index in [4.69, 9.17) is 23.2 Å². The molecular weight excluding hydrogens is 376 g/mol. The number of nitrogens with zero attached hydrogens (tertiary/aromatic N) is 1. The molecule has 0 spiro atoms. The summed E-state index contributed by atoms with van der Waals surface area (Å²) in [6.07, 6.45) is 2.99. The van der Waals surface area contributed by atoms with Crippen molar-refractivity contribution in [2.75, 3.05) is 10.6 Å². The molecule has 0 aliphatic rings. The van der Waals surface area contributed by atoms with E-state index in [1.165, 1.54) is 12.3 Å². The fourth-order valence-corrected chi connectivity index (χ4v) is 2.62. The van der Waals surface area contributed by atoms with Gasteiger partial charge in [-0.2, -0.15) is 0 Å². The molecular formula is C19H14Cl2FN3O. The van der Waals surface area contributed by atoms with Crippen LogP contribution in [-0.2, 0) is 6.54 Å². The van der Waals surface area contributed by atoms with Crippen molar-refractivity contribution in [2.45, 2.75) is 6.54 Å². The lowest BCUT2D eigenvalue weighted by atomic mass is 10.2. The number of rotatable bonds is 5. The van der Waals surface area contributed by atoms with E-state index in [1.807, 2.05) is 0 Å². The number of amides is 1. The lowest BCUT2D eigenvalue weighted by Crippen LogP contribution is -2.13. The summed E-state index contributed by atoms with van der Waals surface area (Å²) in [6, 6.07) is 12.9. The molecule has 1 amide bonds. The third-order valence-corrected chi connectivity index (χ3v) is 4.18. The Bertz CT molecular complexity index is 950. The zero-order valence-corrected chi connectivity index (χ0v) is 15.0. The summed E-state index contributed by atoms with van der Waals surface area (Å²) in [7, 11) is 0. The monoisotopic (exact) mass is 389 g/mol. The van der Waals surface area contributed by atoms with Crippen LogP contribution in [0.25, 0.3) is 0 Å². The van der Waals surface area contributed by atoms with Crippen LogP contribution in [-0.4, -0.2) is 10.9 Å². The number of halogens is 3. The van der Waals surface area contributed by atoms with E-state index in [-0.39, 0.29) is 18.3 Å². The van der Waals surface area contributed by atoms with E-state index < -0.39 is 0 Å². The first kappa shape index (κ1) is 18.2. The number of nitrogens with one attached hydrogen (secondary N) is 2. The molecule has 3 aromatic rings. The first-order chi connectivity index (χ1) is 12.5. The number of carbonyl (C=O) groups excluding carboxylic acids is 1. The topological polar surface area (TPSA) is 54.0 Å². The highest BCUT2D eigenvalue weighted by molar-refractivity contribution is 6.35. The highest BCUT2D eigenvalue weighted by Crippen LogP contribution is 2.26. The van der Waals surface area contributed by atoms with Gasteiger partial charge in [0.2, 0.25) is 0 Å². The van der Waals surface area contributed by atoms with Crippen LogP contribution in [0.15, 0.2) is 60.9 Å². The number of hydrogen-bond donors (Lipinski definition) is 2. The molecule has 0 bridgehead atoms. The van der Waals surface area contributed by atoms with Crippen molar-refractivity contribution < 1.29 is 9.18 Å². The Morgan fingerprint density at radius 3 is 2.69 bits per heavy atom. The lowest BCUT2D eigenvalue weighted by molar-refractivity contribution is 0.102. The van der Waals surface area contributed by atoms with E-state index >= 15 is 0 Å². The number of hydrogen-bond acceptors (Lipinski definition) is 3. The molecule has 0 atom stereocenters. The number of aromatic nitrogens is 1. The second-order valence-electron chi connectivity index (χ2n) is 5.49. The predicted molar refractivity (Wildman–Crippen MR) is 102 cm³/mol. The summed E-state index contributed by atoms with van der Waals surface area (Å²) in [5.41, 5.74) is 1.86. The van der Waals surface area contributed by atoms with Crippen molar-refractivity contribution in [3.05, 3.63) is 87.9 Å². The van der Waals surface area contributed by atoms with Gasteiger partial charge in [-0.05, 0) is 30.3 Å². The molecule has 7 heteroatoms. The fourth-order valence-electron chi connectivity index (χ4n) is 2.29. The van der Waals surface area contributed by atoms with Crippen LogP contribution < -0.4 is 10.6 Å². The quantitative estimate of drug-likeness (QED) is 0.614. The van der Waals surface area contributed by atoms with E-state index in [2.05, 4.69) is 15.6 Å². The Hall–Kier alpha value is -2.63. The van der Waals surface area contributed by atoms with E-state index in [0.29, 0.717) is 32.5 Å². The normalized spacial score (nSPS) is 10.4. The molecule has 3 rings (SSSR count). The maximum atomic E-state index is 13.7. The van der Waals surface area contributed by atoms with E-state index in [1.54, 1.807) is 48.7 Å². The number of benzene rings is 2. The molecule has 0 radical (unpaired) electrons. The third kappa shape index (κ3) is 4.50. The minimum atomic E-state index is -0.379. The molecule has 0 saturated carbocycles. The summed E-state index contributed by atoms with van der Waals surface area (Å²) < 4.78 is 13.7. The van der Waals surface area contributed by atoms with Gasteiger partial charge < -0.3 is 10.6 Å². The summed E-state index contributed by atoms with van der Waals surface area (Å²) in [5, 5.41) is 6.59. The van der Waals surface area contributed by atoms with Crippen LogP contribution in [0, 0.1) is 5.82 Å². The zero-order chi connectivity index (χ0) is 18.5. The van der Waals surface area contributed by atoms with Crippen molar-refractivity contribution in [3.8, 4) is 0 Å². The molecule has 132 valence electrons. The SMILES string of the molecule is O=C(Nc1cc(Cl)ccc1Cl)c1cncc(NCc2ccccc2F)c1. The summed E-state index contributed by atoms with van der Waals surface area (Å²) in [6.45, 7) is 0.277. The highest BCUT2D eigenvalue weighted by atomic mass is 35.5. The third-order valence-electron chi connectivity index (χ3n) is 3.62. The van der Waals surface area contributed by atoms with Gasteiger partial charge in [-0.25, -0.2) is 4.39 Å². The molecule has 1 heterocycles. The summed E-state index contributed by atoms with van der Waals surface area (Å²) >= 11 is 12.0. The van der Waals surface area contributed by atoms with Gasteiger partial charge in [0.1, 0.15) is 5.82 Å². The number of pyridine rings is 1. The Morgan fingerprint density at radius 2 is 1.88 bits per heavy atom. The van der Waals surface area contributed by atoms with E-state index in [9.17, 15) is 9.18 Å². The Kier molecular flexibility index (Phi) is 5.71. The molecule has 0 fully saturated rings. The van der Waals surface area contributed by atoms with Gasteiger partial charge in [0.05, 0.1) is 22.0 Å². The first-order valence-corrected chi connectivity index (χ1v) is 8.47. The van der Waals surface area contributed by atoms with Gasteiger partial charge in [0.15, 0.2) is 0 Å². The van der Waals surface area contributed by atoms with Crippen LogP contribution in [0.2, 0.25) is 10.0 Å². The van der Waals surface area contributed by atoms with Crippen molar-refractivity contribution in [1.82, 2.24) is 4.98 Å². The molecule has 4 nitrogen and oxygen atoms in total. The Morgan fingerprint density at radius 1 is 1.08 bits per heavy atom. The molecule has 2 N–H and O–H groups in total. The summed E-state index contributed by atoms with van der Waals surface area (Å²) in [4.78, 5) is 16.5. The molecule has 0 saturated heterocycles. The highest BCUT2D eigenvalue weighted by Gasteiger charge is 2.10. The van der Waals surface area contributed by atoms with Crippen LogP contribution >= 0.6 is 23.2 Å². The van der Waals surface area contributed by atoms with Crippen molar-refractivity contribution in [1.29, 1.82) is 0 Å². The Balaban J connectivity index is 1.71. The standard InChI is InChI=1S/C19H14Cl2FN3O/c20-14-5-6-16(21)18(8-14)25-19(26)13-7-15(11-23-9-13)24-10-12-3-1-2-4-17(12)22/h1-9,11,24H,10H2,(H,25,26). The zero-order valence-electron chi connectivity index (χ0n) is 13.5. The molecule has 0 aliphatic carbocycles. The first-order valence-electron chi connectivity index (χ1n) is 7.71. The van der Waals surface area contributed by atoms with Gasteiger partial charge in [-0.15, -0.1) is 0 Å². The van der Waals surface area contributed by atoms with Crippen LogP contribution in [0.3, 0.4) is 0 Å². The minimum Gasteiger partial charge on any atom is -0.380 e. The maximum absolute atomic E-state index is 13.7. The molecule has 0 aliphatic heterocycles. The fraction of sp³-hybridized carbons (Fsp3) is 0.0526. The van der Waals surface area contributed by atoms with E-state index in [0.717, 1.165) is 0 Å². The summed E-state index contributed by atoms with van der Waals surface area (Å²) in [5.74, 6) is -0.673. The van der Waals surface area contributed by atoms with Crippen LogP contribution in [0.5, 0.6) is 0 Å². The van der Waals surface area contributed by atoms with Crippen LogP contribution in [0.4, 0.5) is 15.8 Å². The molecule has 2 aromatic carbocycles. The Labute approximate surface area is 160 Å². The molecule has 1 aromatic heterocycles. The van der Waals surface area contributed by atoms with Gasteiger partial charge in [-0.1, -0.05) is 41.4 Å². The van der Waals surface area contributed by atoms with Gasteiger partial charge in [0.25, 0.3) is 5.91 Å². The van der Waals surface area contributed by atoms with Crippen molar-refractivity contribution in [3.63, 3.8) is 0 Å². The number of carbonyl (C=O) groups is 1. The van der Waals surface area contributed by atoms with Gasteiger partial charge in [0, 0.05) is 29.5 Å². The van der Waals surface area contributed by atoms with Gasteiger partial charge >= 0.3 is 0 Å². The number of anilines is 2. The lowest BCUT2D eigenvalue weighted by Gasteiger charge is -2.10. The maximum Gasteiger partial charge on any atom is 0.257 e. The van der Waals surface area contributed by atoms with Crippen LogP contribution in [0.1, 0.15) is 15.9 Å². The largest absolute Gasteiger partial charge is 0.380 e. The van der Waals surface area contributed by atoms with Crippen molar-refractivity contribution >= 4 is 40.5 Å². The predicted octanol–water partition coefficient (Wildman–Crippen LogP) is 5.39. The van der Waals surface area contributed by atoms with Crippen molar-refractivity contribution in [2.24, 2.45) is 0 Å². The molecule has 26 heavy (non-hydrogen) atoms. The second kappa shape index (κ2) is 8.17. The minimum absolute atomic E-state index is 0.277. The average molecular weight is 390 g/mol. The molecule has 0 unspecified atom stereocenters.